The van der Waals surface area contributed by atoms with Gasteiger partial charge in [0.1, 0.15) is 18.5 Å². The number of rotatable bonds is 5. The van der Waals surface area contributed by atoms with Crippen LogP contribution < -0.4 is 10.5 Å². The number of oxime groups is 1. The van der Waals surface area contributed by atoms with Crippen molar-refractivity contribution in [1.82, 2.24) is 4.90 Å². The zero-order valence-electron chi connectivity index (χ0n) is 12.5. The molecule has 21 heavy (non-hydrogen) atoms. The summed E-state index contributed by atoms with van der Waals surface area (Å²) < 4.78 is 11.5. The van der Waals surface area contributed by atoms with Crippen molar-refractivity contribution in [3.63, 3.8) is 0 Å². The van der Waals surface area contributed by atoms with Gasteiger partial charge in [-0.1, -0.05) is 17.3 Å². The lowest BCUT2D eigenvalue weighted by Gasteiger charge is -2.35. The Balaban J connectivity index is 1.97. The quantitative estimate of drug-likeness (QED) is 0.370. The van der Waals surface area contributed by atoms with Crippen LogP contribution in [0.5, 0.6) is 5.75 Å². The Bertz CT molecular complexity index is 491. The summed E-state index contributed by atoms with van der Waals surface area (Å²) in [5, 5.41) is 11.8. The van der Waals surface area contributed by atoms with E-state index >= 15 is 0 Å². The van der Waals surface area contributed by atoms with E-state index in [2.05, 4.69) is 23.9 Å². The minimum atomic E-state index is 0.0292. The average Bonchev–Trinajstić information content (AvgIpc) is 2.52. The molecule has 1 unspecified atom stereocenters. The molecule has 0 aromatic heterocycles. The Morgan fingerprint density at radius 1 is 1.52 bits per heavy atom. The van der Waals surface area contributed by atoms with Crippen LogP contribution in [0.2, 0.25) is 0 Å². The smallest absolute Gasteiger partial charge is 0.173 e. The van der Waals surface area contributed by atoms with E-state index in [1.807, 2.05) is 12.1 Å². The van der Waals surface area contributed by atoms with Crippen LogP contribution in [0.15, 0.2) is 29.4 Å². The maximum absolute atomic E-state index is 8.80. The van der Waals surface area contributed by atoms with Gasteiger partial charge in [0, 0.05) is 19.1 Å². The van der Waals surface area contributed by atoms with Gasteiger partial charge in [-0.2, -0.15) is 0 Å². The van der Waals surface area contributed by atoms with Gasteiger partial charge in [0.15, 0.2) is 5.84 Å². The van der Waals surface area contributed by atoms with Crippen LogP contribution in [0.3, 0.4) is 0 Å². The second kappa shape index (κ2) is 7.28. The number of amidine groups is 1. The first kappa shape index (κ1) is 15.6. The Morgan fingerprint density at radius 3 is 3.00 bits per heavy atom. The van der Waals surface area contributed by atoms with Crippen LogP contribution in [-0.4, -0.2) is 54.4 Å². The topological polar surface area (TPSA) is 80.3 Å². The van der Waals surface area contributed by atoms with Crippen molar-refractivity contribution in [3.05, 3.63) is 29.8 Å². The van der Waals surface area contributed by atoms with Gasteiger partial charge >= 0.3 is 0 Å². The van der Waals surface area contributed by atoms with E-state index in [4.69, 9.17) is 20.4 Å². The summed E-state index contributed by atoms with van der Waals surface area (Å²) in [5.41, 5.74) is 6.23. The molecule has 0 spiro atoms. The Morgan fingerprint density at radius 2 is 2.29 bits per heavy atom. The molecule has 1 heterocycles. The summed E-state index contributed by atoms with van der Waals surface area (Å²) in [5.74, 6) is 0.636. The van der Waals surface area contributed by atoms with E-state index in [1.165, 1.54) is 0 Å². The third kappa shape index (κ3) is 4.09. The highest BCUT2D eigenvalue weighted by Crippen LogP contribution is 2.19. The normalized spacial score (nSPS) is 20.7. The SMILES string of the molecule is CC(C)N1CCOC(COc2ccccc2C(N)=NO)C1. The van der Waals surface area contributed by atoms with Gasteiger partial charge in [0.2, 0.25) is 0 Å². The summed E-state index contributed by atoms with van der Waals surface area (Å²) in [4.78, 5) is 2.37. The molecular weight excluding hydrogens is 270 g/mol. The Labute approximate surface area is 125 Å². The summed E-state index contributed by atoms with van der Waals surface area (Å²) in [7, 11) is 0. The van der Waals surface area contributed by atoms with Gasteiger partial charge in [-0.15, -0.1) is 0 Å². The molecule has 1 saturated heterocycles. The summed E-state index contributed by atoms with van der Waals surface area (Å²) >= 11 is 0. The number of ether oxygens (including phenoxy) is 2. The van der Waals surface area contributed by atoms with Gasteiger partial charge in [0.25, 0.3) is 0 Å². The number of para-hydroxylation sites is 1. The molecule has 0 amide bonds. The van der Waals surface area contributed by atoms with Gasteiger partial charge in [-0.25, -0.2) is 0 Å². The molecule has 116 valence electrons. The first-order chi connectivity index (χ1) is 10.1. The first-order valence-corrected chi connectivity index (χ1v) is 7.17. The lowest BCUT2D eigenvalue weighted by Crippen LogP contribution is -2.47. The van der Waals surface area contributed by atoms with Gasteiger partial charge in [-0.05, 0) is 26.0 Å². The molecule has 0 radical (unpaired) electrons. The average molecular weight is 293 g/mol. The van der Waals surface area contributed by atoms with E-state index < -0.39 is 0 Å². The molecule has 6 heteroatoms. The second-order valence-electron chi connectivity index (χ2n) is 5.37. The lowest BCUT2D eigenvalue weighted by atomic mass is 10.2. The van der Waals surface area contributed by atoms with E-state index in [0.717, 1.165) is 13.1 Å². The maximum Gasteiger partial charge on any atom is 0.173 e. The third-order valence-corrected chi connectivity index (χ3v) is 3.60. The minimum Gasteiger partial charge on any atom is -0.490 e. The largest absolute Gasteiger partial charge is 0.490 e. The minimum absolute atomic E-state index is 0.0292. The predicted molar refractivity (Wildman–Crippen MR) is 80.9 cm³/mol. The number of hydrogen-bond donors (Lipinski definition) is 2. The molecule has 1 atom stereocenters. The Kier molecular flexibility index (Phi) is 5.41. The molecule has 1 aromatic carbocycles. The highest BCUT2D eigenvalue weighted by molar-refractivity contribution is 5.99. The van der Waals surface area contributed by atoms with E-state index in [1.54, 1.807) is 12.1 Å². The number of nitrogens with zero attached hydrogens (tertiary/aromatic N) is 2. The molecule has 1 aliphatic rings. The van der Waals surface area contributed by atoms with Crippen LogP contribution in [0.25, 0.3) is 0 Å². The molecule has 0 aliphatic carbocycles. The fourth-order valence-corrected chi connectivity index (χ4v) is 2.35. The number of morpholine rings is 1. The van der Waals surface area contributed by atoms with Crippen LogP contribution in [-0.2, 0) is 4.74 Å². The molecule has 3 N–H and O–H groups in total. The molecule has 1 fully saturated rings. The third-order valence-electron chi connectivity index (χ3n) is 3.60. The van der Waals surface area contributed by atoms with E-state index in [0.29, 0.717) is 30.6 Å². The number of nitrogens with two attached hydrogens (primary N) is 1. The van der Waals surface area contributed by atoms with Gasteiger partial charge < -0.3 is 20.4 Å². The molecule has 6 nitrogen and oxygen atoms in total. The highest BCUT2D eigenvalue weighted by Gasteiger charge is 2.23. The lowest BCUT2D eigenvalue weighted by molar-refractivity contribution is -0.0564. The molecule has 2 rings (SSSR count). The molecule has 0 saturated carbocycles. The Hall–Kier alpha value is -1.79. The van der Waals surface area contributed by atoms with Gasteiger partial charge in [-0.3, -0.25) is 4.90 Å². The van der Waals surface area contributed by atoms with Crippen molar-refractivity contribution in [1.29, 1.82) is 0 Å². The number of hydrogen-bond acceptors (Lipinski definition) is 5. The summed E-state index contributed by atoms with van der Waals surface area (Å²) in [6.07, 6.45) is 0.0292. The van der Waals surface area contributed by atoms with Crippen molar-refractivity contribution in [2.45, 2.75) is 26.0 Å². The van der Waals surface area contributed by atoms with E-state index in [-0.39, 0.29) is 11.9 Å². The fraction of sp³-hybridized carbons (Fsp3) is 0.533. The molecule has 0 bridgehead atoms. The molecular formula is C15H23N3O3. The van der Waals surface area contributed by atoms with Crippen molar-refractivity contribution in [2.24, 2.45) is 10.9 Å². The van der Waals surface area contributed by atoms with Crippen LogP contribution in [0, 0.1) is 0 Å². The van der Waals surface area contributed by atoms with Crippen molar-refractivity contribution < 1.29 is 14.7 Å². The monoisotopic (exact) mass is 293 g/mol. The van der Waals surface area contributed by atoms with Crippen LogP contribution in [0.4, 0.5) is 0 Å². The van der Waals surface area contributed by atoms with Crippen molar-refractivity contribution >= 4 is 5.84 Å². The van der Waals surface area contributed by atoms with Gasteiger partial charge in [0.05, 0.1) is 12.2 Å². The summed E-state index contributed by atoms with van der Waals surface area (Å²) in [6.45, 7) is 7.32. The summed E-state index contributed by atoms with van der Waals surface area (Å²) in [6, 6.07) is 7.73. The molecule has 1 aliphatic heterocycles. The fourth-order valence-electron chi connectivity index (χ4n) is 2.35. The first-order valence-electron chi connectivity index (χ1n) is 7.17. The van der Waals surface area contributed by atoms with Crippen molar-refractivity contribution in [2.75, 3.05) is 26.3 Å². The van der Waals surface area contributed by atoms with Crippen LogP contribution >= 0.6 is 0 Å². The number of benzene rings is 1. The second-order valence-corrected chi connectivity index (χ2v) is 5.37. The van der Waals surface area contributed by atoms with E-state index in [9.17, 15) is 0 Å². The predicted octanol–water partition coefficient (Wildman–Crippen LogP) is 1.27. The zero-order chi connectivity index (χ0) is 15.2. The molecule has 1 aromatic rings. The maximum atomic E-state index is 8.80. The van der Waals surface area contributed by atoms with Crippen molar-refractivity contribution in [3.8, 4) is 5.75 Å². The highest BCUT2D eigenvalue weighted by atomic mass is 16.5. The zero-order valence-corrected chi connectivity index (χ0v) is 12.5. The standard InChI is InChI=1S/C15H23N3O3/c1-11(2)18-7-8-20-12(9-18)10-21-14-6-4-3-5-13(14)15(16)17-19/h3-6,11-12,19H,7-10H2,1-2H3,(H2,16,17). The van der Waals surface area contributed by atoms with Crippen LogP contribution in [0.1, 0.15) is 19.4 Å².